The molecule has 9 nitrogen and oxygen atoms in total. The van der Waals surface area contributed by atoms with Crippen LogP contribution in [0.5, 0.6) is 0 Å². The van der Waals surface area contributed by atoms with E-state index in [-0.39, 0.29) is 19.1 Å². The van der Waals surface area contributed by atoms with Crippen molar-refractivity contribution in [2.75, 3.05) is 36.0 Å². The second kappa shape index (κ2) is 10.1. The van der Waals surface area contributed by atoms with Gasteiger partial charge in [-0.1, -0.05) is 13.0 Å². The average molecular weight is 514 g/mol. The summed E-state index contributed by atoms with van der Waals surface area (Å²) in [7, 11) is 0. The van der Waals surface area contributed by atoms with Crippen molar-refractivity contribution >= 4 is 29.2 Å². The Morgan fingerprint density at radius 2 is 1.81 bits per heavy atom. The monoisotopic (exact) mass is 513 g/mol. The summed E-state index contributed by atoms with van der Waals surface area (Å²) >= 11 is 0. The molecule has 4 rings (SSSR count). The lowest BCUT2D eigenvalue weighted by Crippen LogP contribution is -2.58. The van der Waals surface area contributed by atoms with Crippen LogP contribution in [-0.4, -0.2) is 82.4 Å². The van der Waals surface area contributed by atoms with Crippen molar-refractivity contribution in [1.29, 1.82) is 0 Å². The van der Waals surface area contributed by atoms with E-state index in [0.29, 0.717) is 24.9 Å². The van der Waals surface area contributed by atoms with Crippen LogP contribution in [-0.2, 0) is 19.1 Å². The van der Waals surface area contributed by atoms with E-state index in [9.17, 15) is 24.6 Å². The summed E-state index contributed by atoms with van der Waals surface area (Å²) in [6.45, 7) is 13.1. The van der Waals surface area contributed by atoms with Gasteiger partial charge in [0.15, 0.2) is 0 Å². The van der Waals surface area contributed by atoms with E-state index < -0.39 is 47.0 Å². The number of benzene rings is 1. The summed E-state index contributed by atoms with van der Waals surface area (Å²) in [5, 5.41) is 20.2. The van der Waals surface area contributed by atoms with E-state index in [1.54, 1.807) is 17.9 Å². The van der Waals surface area contributed by atoms with E-state index in [4.69, 9.17) is 4.74 Å². The van der Waals surface area contributed by atoms with E-state index in [0.717, 1.165) is 18.8 Å². The van der Waals surface area contributed by atoms with E-state index >= 15 is 0 Å². The fourth-order valence-electron chi connectivity index (χ4n) is 6.90. The molecule has 2 unspecified atom stereocenters. The van der Waals surface area contributed by atoms with Gasteiger partial charge in [0.25, 0.3) is 5.91 Å². The predicted octanol–water partition coefficient (Wildman–Crippen LogP) is 2.67. The fourth-order valence-corrected chi connectivity index (χ4v) is 6.90. The SMILES string of the molecule is C=CCN(C(=O)C1N([C@H](C)CO)C(=O)[C@@H]2[C@@H](C(=O)O)[C@@]3(CC)CCC12O3)c1ccc(N(CC)CC)cc1. The third-order valence-electron chi connectivity index (χ3n) is 8.73. The van der Waals surface area contributed by atoms with Crippen molar-refractivity contribution in [1.82, 2.24) is 4.90 Å². The molecule has 2 N–H and O–H groups in total. The molecule has 0 radical (unpaired) electrons. The molecular formula is C28H39N3O6. The number of carboxylic acid groups (broad SMARTS) is 1. The van der Waals surface area contributed by atoms with Gasteiger partial charge in [0.1, 0.15) is 17.6 Å². The molecule has 0 aromatic heterocycles. The van der Waals surface area contributed by atoms with Crippen molar-refractivity contribution in [3.05, 3.63) is 36.9 Å². The summed E-state index contributed by atoms with van der Waals surface area (Å²) in [4.78, 5) is 45.8. The topological polar surface area (TPSA) is 111 Å². The third-order valence-corrected chi connectivity index (χ3v) is 8.73. The Balaban J connectivity index is 1.79. The maximum atomic E-state index is 14.4. The van der Waals surface area contributed by atoms with E-state index in [1.807, 2.05) is 31.2 Å². The smallest absolute Gasteiger partial charge is 0.310 e. The highest BCUT2D eigenvalue weighted by Gasteiger charge is 2.79. The number of amides is 2. The number of aliphatic hydroxyl groups is 1. The number of aliphatic hydroxyl groups excluding tert-OH is 1. The van der Waals surface area contributed by atoms with E-state index in [1.165, 1.54) is 4.90 Å². The molecule has 37 heavy (non-hydrogen) atoms. The van der Waals surface area contributed by atoms with Crippen molar-refractivity contribution in [2.45, 2.75) is 70.2 Å². The van der Waals surface area contributed by atoms with Gasteiger partial charge < -0.3 is 29.6 Å². The summed E-state index contributed by atoms with van der Waals surface area (Å²) in [6, 6.07) is 5.96. The molecule has 0 saturated carbocycles. The largest absolute Gasteiger partial charge is 0.481 e. The normalized spacial score (nSPS) is 30.8. The first-order valence-electron chi connectivity index (χ1n) is 13.3. The van der Waals surface area contributed by atoms with Crippen LogP contribution in [0.15, 0.2) is 36.9 Å². The Morgan fingerprint density at radius 3 is 2.32 bits per heavy atom. The number of fused-ring (bicyclic) bond motifs is 1. The highest BCUT2D eigenvalue weighted by atomic mass is 16.5. The minimum atomic E-state index is -1.25. The number of likely N-dealkylation sites (tertiary alicyclic amines) is 1. The molecule has 6 atom stereocenters. The molecule has 3 fully saturated rings. The minimum absolute atomic E-state index is 0.206. The summed E-state index contributed by atoms with van der Waals surface area (Å²) in [6.07, 6.45) is 2.95. The van der Waals surface area contributed by atoms with Crippen LogP contribution in [0, 0.1) is 11.8 Å². The second-order valence-electron chi connectivity index (χ2n) is 10.4. The van der Waals surface area contributed by atoms with Gasteiger partial charge in [-0.05, 0) is 64.3 Å². The summed E-state index contributed by atoms with van der Waals surface area (Å²) in [5.41, 5.74) is -0.542. The van der Waals surface area contributed by atoms with Crippen LogP contribution in [0.25, 0.3) is 0 Å². The molecule has 3 heterocycles. The van der Waals surface area contributed by atoms with Crippen molar-refractivity contribution in [2.24, 2.45) is 11.8 Å². The van der Waals surface area contributed by atoms with Crippen LogP contribution in [0.1, 0.15) is 47.0 Å². The lowest BCUT2D eigenvalue weighted by molar-refractivity contribution is -0.157. The van der Waals surface area contributed by atoms with Crippen LogP contribution < -0.4 is 9.80 Å². The molecular weight excluding hydrogens is 474 g/mol. The van der Waals surface area contributed by atoms with Gasteiger partial charge in [-0.2, -0.15) is 0 Å². The number of nitrogens with zero attached hydrogens (tertiary/aromatic N) is 3. The number of anilines is 2. The molecule has 3 aliphatic rings. The average Bonchev–Trinajstić information content (AvgIpc) is 3.51. The summed E-state index contributed by atoms with van der Waals surface area (Å²) in [5.74, 6) is -3.88. The van der Waals surface area contributed by atoms with Gasteiger partial charge in [-0.15, -0.1) is 6.58 Å². The fraction of sp³-hybridized carbons (Fsp3) is 0.607. The summed E-state index contributed by atoms with van der Waals surface area (Å²) < 4.78 is 6.56. The maximum absolute atomic E-state index is 14.4. The van der Waals surface area contributed by atoms with Crippen LogP contribution in [0.4, 0.5) is 11.4 Å². The first-order valence-corrected chi connectivity index (χ1v) is 13.3. The zero-order valence-corrected chi connectivity index (χ0v) is 22.2. The molecule has 202 valence electrons. The number of hydrogen-bond acceptors (Lipinski definition) is 6. The molecule has 3 saturated heterocycles. The van der Waals surface area contributed by atoms with Gasteiger partial charge in [0, 0.05) is 31.0 Å². The third kappa shape index (κ3) is 3.94. The quantitative estimate of drug-likeness (QED) is 0.438. The minimum Gasteiger partial charge on any atom is -0.481 e. The lowest BCUT2D eigenvalue weighted by atomic mass is 9.65. The Bertz CT molecular complexity index is 1060. The molecule has 3 aliphatic heterocycles. The first-order chi connectivity index (χ1) is 17.7. The Kier molecular flexibility index (Phi) is 7.41. The molecule has 9 heteroatoms. The number of hydrogen-bond donors (Lipinski definition) is 2. The number of carboxylic acids is 1. The molecule has 2 amide bonds. The highest BCUT2D eigenvalue weighted by molar-refractivity contribution is 6.05. The zero-order valence-electron chi connectivity index (χ0n) is 22.2. The standard InChI is InChI=1S/C28H39N3O6/c1-6-16-30(20-12-10-19(11-13-20)29(8-3)9-4)25(34)23-28-15-14-27(7-2,37-28)22(26(35)36)21(28)24(33)31(23)18(5)17-32/h6,10-13,18,21-23,32H,1,7-9,14-17H2,2-5H3,(H,35,36)/t18-,21+,22+,23?,27-,28?/m1/s1. The van der Waals surface area contributed by atoms with Gasteiger partial charge in [0.05, 0.1) is 24.2 Å². The van der Waals surface area contributed by atoms with Gasteiger partial charge in [0.2, 0.25) is 5.91 Å². The highest BCUT2D eigenvalue weighted by Crippen LogP contribution is 2.64. The van der Waals surface area contributed by atoms with Crippen LogP contribution in [0.2, 0.25) is 0 Å². The van der Waals surface area contributed by atoms with Crippen LogP contribution >= 0.6 is 0 Å². The Labute approximate surface area is 218 Å². The number of rotatable bonds is 11. The molecule has 1 aromatic rings. The Hall–Kier alpha value is -2.91. The van der Waals surface area contributed by atoms with Gasteiger partial charge in [-0.3, -0.25) is 14.4 Å². The molecule has 2 bridgehead atoms. The van der Waals surface area contributed by atoms with Crippen LogP contribution in [0.3, 0.4) is 0 Å². The molecule has 1 aromatic carbocycles. The van der Waals surface area contributed by atoms with Crippen molar-refractivity contribution < 1.29 is 29.3 Å². The lowest BCUT2D eigenvalue weighted by Gasteiger charge is -2.38. The zero-order chi connectivity index (χ0) is 27.1. The maximum Gasteiger partial charge on any atom is 0.310 e. The number of carbonyl (C=O) groups excluding carboxylic acids is 2. The number of aliphatic carboxylic acids is 1. The van der Waals surface area contributed by atoms with Crippen molar-refractivity contribution in [3.63, 3.8) is 0 Å². The molecule has 0 aliphatic carbocycles. The number of carbonyl (C=O) groups is 3. The number of ether oxygens (including phenoxy) is 1. The second-order valence-corrected chi connectivity index (χ2v) is 10.4. The molecule has 1 spiro atoms. The van der Waals surface area contributed by atoms with Gasteiger partial charge >= 0.3 is 5.97 Å². The van der Waals surface area contributed by atoms with Gasteiger partial charge in [-0.25, -0.2) is 0 Å². The Morgan fingerprint density at radius 1 is 1.19 bits per heavy atom. The predicted molar refractivity (Wildman–Crippen MR) is 140 cm³/mol. The van der Waals surface area contributed by atoms with E-state index in [2.05, 4.69) is 25.3 Å². The van der Waals surface area contributed by atoms with Crippen molar-refractivity contribution in [3.8, 4) is 0 Å². The first kappa shape index (κ1) is 27.1.